The van der Waals surface area contributed by atoms with Gasteiger partial charge in [0.05, 0.1) is 0 Å². The topological polar surface area (TPSA) is 64.3 Å². The first kappa shape index (κ1) is 17.0. The number of primary amides is 1. The van der Waals surface area contributed by atoms with Gasteiger partial charge in [-0.25, -0.2) is 0 Å². The summed E-state index contributed by atoms with van der Waals surface area (Å²) in [6, 6.07) is 22.5. The Morgan fingerprint density at radius 3 is 2.52 bits per heavy atom. The third-order valence-electron chi connectivity index (χ3n) is 4.25. The maximum absolute atomic E-state index is 11.1. The van der Waals surface area contributed by atoms with Crippen molar-refractivity contribution in [2.75, 3.05) is 6.61 Å². The highest BCUT2D eigenvalue weighted by molar-refractivity contribution is 5.88. The largest absolute Gasteiger partial charge is 0.483 e. The Morgan fingerprint density at radius 1 is 1.04 bits per heavy atom. The van der Waals surface area contributed by atoms with Gasteiger partial charge in [-0.3, -0.25) is 4.79 Å². The van der Waals surface area contributed by atoms with Crippen molar-refractivity contribution in [1.82, 2.24) is 5.32 Å². The Morgan fingerprint density at radius 2 is 1.76 bits per heavy atom. The van der Waals surface area contributed by atoms with E-state index in [0.29, 0.717) is 12.3 Å². The second-order valence-electron chi connectivity index (χ2n) is 6.03. The van der Waals surface area contributed by atoms with Crippen LogP contribution in [0.3, 0.4) is 0 Å². The molecule has 0 radical (unpaired) electrons. The molecule has 0 aromatic heterocycles. The Hall–Kier alpha value is -2.85. The van der Waals surface area contributed by atoms with Gasteiger partial charge in [0.1, 0.15) is 5.75 Å². The van der Waals surface area contributed by atoms with Crippen LogP contribution in [-0.2, 0) is 11.3 Å². The van der Waals surface area contributed by atoms with Gasteiger partial charge in [-0.2, -0.15) is 0 Å². The molecule has 3 aromatic carbocycles. The number of fused-ring (bicyclic) bond motifs is 1. The fraction of sp³-hybridized carbons (Fsp3) is 0.190. The molecule has 3 rings (SSSR count). The van der Waals surface area contributed by atoms with Crippen LogP contribution in [-0.4, -0.2) is 12.5 Å². The molecule has 0 heterocycles. The highest BCUT2D eigenvalue weighted by atomic mass is 16.5. The number of hydrogen-bond acceptors (Lipinski definition) is 3. The normalized spacial score (nSPS) is 12.0. The molecule has 128 valence electrons. The molecule has 25 heavy (non-hydrogen) atoms. The molecular weight excluding hydrogens is 312 g/mol. The van der Waals surface area contributed by atoms with Crippen molar-refractivity contribution in [1.29, 1.82) is 0 Å². The van der Waals surface area contributed by atoms with Gasteiger partial charge in [0.25, 0.3) is 5.91 Å². The number of ether oxygens (including phenoxy) is 1. The van der Waals surface area contributed by atoms with Crippen LogP contribution in [0.5, 0.6) is 5.75 Å². The van der Waals surface area contributed by atoms with Crippen molar-refractivity contribution in [2.24, 2.45) is 5.73 Å². The summed E-state index contributed by atoms with van der Waals surface area (Å²) in [6.45, 7) is 2.63. The summed E-state index contributed by atoms with van der Waals surface area (Å²) in [6.07, 6.45) is 0. The molecule has 4 nitrogen and oxygen atoms in total. The minimum absolute atomic E-state index is 0.125. The van der Waals surface area contributed by atoms with E-state index in [9.17, 15) is 4.79 Å². The molecule has 3 aromatic rings. The lowest BCUT2D eigenvalue weighted by Crippen LogP contribution is -2.22. The molecule has 0 aliphatic carbocycles. The minimum atomic E-state index is -0.482. The summed E-state index contributed by atoms with van der Waals surface area (Å²) in [4.78, 5) is 11.1. The number of nitrogens with two attached hydrogens (primary N) is 1. The third kappa shape index (κ3) is 4.17. The molecule has 4 heteroatoms. The number of rotatable bonds is 7. The highest BCUT2D eigenvalue weighted by Gasteiger charge is 2.12. The summed E-state index contributed by atoms with van der Waals surface area (Å²) >= 11 is 0. The van der Waals surface area contributed by atoms with Gasteiger partial charge in [-0.1, -0.05) is 60.7 Å². The zero-order valence-corrected chi connectivity index (χ0v) is 14.2. The maximum atomic E-state index is 11.1. The molecule has 1 unspecified atom stereocenters. The number of benzene rings is 3. The van der Waals surface area contributed by atoms with Crippen molar-refractivity contribution in [2.45, 2.75) is 19.5 Å². The predicted octanol–water partition coefficient (Wildman–Crippen LogP) is 3.55. The van der Waals surface area contributed by atoms with Crippen molar-refractivity contribution >= 4 is 16.7 Å². The lowest BCUT2D eigenvalue weighted by Gasteiger charge is -2.18. The first-order valence-corrected chi connectivity index (χ1v) is 8.35. The van der Waals surface area contributed by atoms with Gasteiger partial charge in [0.15, 0.2) is 6.61 Å². The standard InChI is InChI=1S/C21H22N2O2/c1-15(16-7-3-2-4-8-16)23-13-19-18-10-6-5-9-17(18)11-12-20(19)25-14-21(22)24/h2-12,15,23H,13-14H2,1H3,(H2,22,24). The summed E-state index contributed by atoms with van der Waals surface area (Å²) in [5, 5.41) is 5.78. The van der Waals surface area contributed by atoms with Crippen LogP contribution in [0, 0.1) is 0 Å². The zero-order chi connectivity index (χ0) is 17.6. The molecule has 0 saturated heterocycles. The number of amides is 1. The van der Waals surface area contributed by atoms with Gasteiger partial charge < -0.3 is 15.8 Å². The van der Waals surface area contributed by atoms with Gasteiger partial charge in [0, 0.05) is 18.2 Å². The lowest BCUT2D eigenvalue weighted by molar-refractivity contribution is -0.119. The van der Waals surface area contributed by atoms with Crippen LogP contribution < -0.4 is 15.8 Å². The molecule has 0 saturated carbocycles. The first-order chi connectivity index (χ1) is 12.1. The summed E-state index contributed by atoms with van der Waals surface area (Å²) < 4.78 is 5.63. The molecule has 0 bridgehead atoms. The van der Waals surface area contributed by atoms with E-state index in [1.54, 1.807) is 0 Å². The van der Waals surface area contributed by atoms with Crippen LogP contribution in [0.4, 0.5) is 0 Å². The minimum Gasteiger partial charge on any atom is -0.483 e. The Balaban J connectivity index is 1.86. The van der Waals surface area contributed by atoms with Crippen molar-refractivity contribution in [3.05, 3.63) is 77.9 Å². The molecule has 0 fully saturated rings. The molecule has 3 N–H and O–H groups in total. The fourth-order valence-electron chi connectivity index (χ4n) is 2.90. The van der Waals surface area contributed by atoms with E-state index < -0.39 is 5.91 Å². The number of hydrogen-bond donors (Lipinski definition) is 2. The average Bonchev–Trinajstić information content (AvgIpc) is 2.65. The van der Waals surface area contributed by atoms with Crippen LogP contribution in [0.2, 0.25) is 0 Å². The third-order valence-corrected chi connectivity index (χ3v) is 4.25. The lowest BCUT2D eigenvalue weighted by atomic mass is 10.0. The summed E-state index contributed by atoms with van der Waals surface area (Å²) in [7, 11) is 0. The van der Waals surface area contributed by atoms with Gasteiger partial charge in [-0.15, -0.1) is 0 Å². The van der Waals surface area contributed by atoms with Crippen LogP contribution in [0.1, 0.15) is 24.1 Å². The Bertz CT molecular complexity index is 862. The number of carbonyl (C=O) groups excluding carboxylic acids is 1. The van der Waals surface area contributed by atoms with E-state index in [4.69, 9.17) is 10.5 Å². The van der Waals surface area contributed by atoms with Crippen molar-refractivity contribution < 1.29 is 9.53 Å². The second-order valence-corrected chi connectivity index (χ2v) is 6.03. The molecular formula is C21H22N2O2. The van der Waals surface area contributed by atoms with Gasteiger partial charge in [-0.05, 0) is 29.3 Å². The quantitative estimate of drug-likeness (QED) is 0.694. The van der Waals surface area contributed by atoms with Crippen molar-refractivity contribution in [3.8, 4) is 5.75 Å². The summed E-state index contributed by atoms with van der Waals surface area (Å²) in [5.74, 6) is 0.204. The van der Waals surface area contributed by atoms with Crippen molar-refractivity contribution in [3.63, 3.8) is 0 Å². The Kier molecular flexibility index (Phi) is 5.31. The Labute approximate surface area is 147 Å². The second kappa shape index (κ2) is 7.81. The van der Waals surface area contributed by atoms with Gasteiger partial charge >= 0.3 is 0 Å². The average molecular weight is 334 g/mol. The SMILES string of the molecule is CC(NCc1c(OCC(N)=O)ccc2ccccc12)c1ccccc1. The van der Waals surface area contributed by atoms with E-state index in [-0.39, 0.29) is 12.6 Å². The predicted molar refractivity (Wildman–Crippen MR) is 100 cm³/mol. The maximum Gasteiger partial charge on any atom is 0.255 e. The molecule has 0 aliphatic heterocycles. The molecule has 1 amide bonds. The van der Waals surface area contributed by atoms with Crippen LogP contribution in [0.25, 0.3) is 10.8 Å². The zero-order valence-electron chi connectivity index (χ0n) is 14.2. The van der Waals surface area contributed by atoms with E-state index in [0.717, 1.165) is 16.3 Å². The molecule has 0 aliphatic rings. The van der Waals surface area contributed by atoms with E-state index >= 15 is 0 Å². The van der Waals surface area contributed by atoms with Gasteiger partial charge in [0.2, 0.25) is 0 Å². The fourth-order valence-corrected chi connectivity index (χ4v) is 2.90. The molecule has 0 spiro atoms. The number of carbonyl (C=O) groups is 1. The van der Waals surface area contributed by atoms with Crippen LogP contribution in [0.15, 0.2) is 66.7 Å². The van der Waals surface area contributed by atoms with Crippen LogP contribution >= 0.6 is 0 Å². The monoisotopic (exact) mass is 334 g/mol. The first-order valence-electron chi connectivity index (χ1n) is 8.35. The number of nitrogens with one attached hydrogen (secondary N) is 1. The molecule has 1 atom stereocenters. The summed E-state index contributed by atoms with van der Waals surface area (Å²) in [5.41, 5.74) is 7.48. The highest BCUT2D eigenvalue weighted by Crippen LogP contribution is 2.28. The smallest absolute Gasteiger partial charge is 0.255 e. The van der Waals surface area contributed by atoms with E-state index in [1.807, 2.05) is 42.5 Å². The van der Waals surface area contributed by atoms with E-state index in [1.165, 1.54) is 5.56 Å². The van der Waals surface area contributed by atoms with E-state index in [2.05, 4.69) is 36.5 Å².